The number of aliphatic imine (C=N–C) groups is 1. The maximum absolute atomic E-state index is 5.90. The zero-order valence-electron chi connectivity index (χ0n) is 16.2. The minimum Gasteiger partial charge on any atom is -0.492 e. The number of ether oxygens (including phenoxy) is 2. The average Bonchev–Trinajstić information content (AvgIpc) is 2.60. The highest BCUT2D eigenvalue weighted by Crippen LogP contribution is 2.18. The maximum atomic E-state index is 5.90. The third-order valence-corrected chi connectivity index (χ3v) is 3.48. The molecule has 6 nitrogen and oxygen atoms in total. The first-order valence-corrected chi connectivity index (χ1v) is 9.12. The number of hydrogen-bond acceptors (Lipinski definition) is 4. The van der Waals surface area contributed by atoms with Gasteiger partial charge in [0.05, 0.1) is 6.54 Å². The number of guanidine groups is 1. The van der Waals surface area contributed by atoms with E-state index in [0.29, 0.717) is 13.2 Å². The van der Waals surface area contributed by atoms with Gasteiger partial charge in [-0.05, 0) is 40.4 Å². The molecular weight excluding hydrogens is 316 g/mol. The smallest absolute Gasteiger partial charge is 0.191 e. The largest absolute Gasteiger partial charge is 0.492 e. The van der Waals surface area contributed by atoms with Gasteiger partial charge in [-0.2, -0.15) is 0 Å². The molecule has 0 aliphatic rings. The molecule has 142 valence electrons. The molecule has 1 aromatic rings. The number of para-hydroxylation sites is 1. The van der Waals surface area contributed by atoms with Crippen molar-refractivity contribution in [3.8, 4) is 5.75 Å². The van der Waals surface area contributed by atoms with Gasteiger partial charge in [0.2, 0.25) is 0 Å². The molecule has 0 aliphatic carbocycles. The van der Waals surface area contributed by atoms with Gasteiger partial charge in [-0.25, -0.2) is 4.99 Å². The molecule has 1 aromatic carbocycles. The van der Waals surface area contributed by atoms with Crippen molar-refractivity contribution in [1.82, 2.24) is 15.5 Å². The fourth-order valence-corrected chi connectivity index (χ4v) is 2.14. The molecule has 0 atom stereocenters. The first kappa shape index (κ1) is 21.3. The maximum Gasteiger partial charge on any atom is 0.191 e. The summed E-state index contributed by atoms with van der Waals surface area (Å²) in [6.45, 7) is 9.42. The summed E-state index contributed by atoms with van der Waals surface area (Å²) in [5, 5.41) is 6.61. The monoisotopic (exact) mass is 350 g/mol. The zero-order valence-corrected chi connectivity index (χ0v) is 16.2. The van der Waals surface area contributed by atoms with Crippen LogP contribution >= 0.6 is 0 Å². The van der Waals surface area contributed by atoms with Crippen LogP contribution in [-0.2, 0) is 11.3 Å². The summed E-state index contributed by atoms with van der Waals surface area (Å²) in [4.78, 5) is 6.78. The van der Waals surface area contributed by atoms with E-state index in [1.807, 2.05) is 39.2 Å². The summed E-state index contributed by atoms with van der Waals surface area (Å²) >= 11 is 0. The molecule has 0 heterocycles. The van der Waals surface area contributed by atoms with E-state index in [0.717, 1.165) is 56.5 Å². The van der Waals surface area contributed by atoms with Gasteiger partial charge in [0, 0.05) is 38.4 Å². The molecule has 0 aliphatic heterocycles. The van der Waals surface area contributed by atoms with Gasteiger partial charge >= 0.3 is 0 Å². The van der Waals surface area contributed by atoms with Crippen molar-refractivity contribution in [3.05, 3.63) is 29.8 Å². The Morgan fingerprint density at radius 3 is 2.64 bits per heavy atom. The van der Waals surface area contributed by atoms with Crippen molar-refractivity contribution in [2.75, 3.05) is 53.6 Å². The number of nitrogens with one attached hydrogen (secondary N) is 2. The molecule has 6 heteroatoms. The fraction of sp³-hybridized carbons (Fsp3) is 0.632. The summed E-state index contributed by atoms with van der Waals surface area (Å²) in [6.07, 6.45) is 0.961. The molecule has 0 radical (unpaired) electrons. The van der Waals surface area contributed by atoms with Crippen LogP contribution in [0.2, 0.25) is 0 Å². The Morgan fingerprint density at radius 1 is 1.12 bits per heavy atom. The lowest BCUT2D eigenvalue weighted by Gasteiger charge is -2.14. The van der Waals surface area contributed by atoms with E-state index in [4.69, 9.17) is 9.47 Å². The second-order valence-corrected chi connectivity index (χ2v) is 5.93. The minimum absolute atomic E-state index is 0.582. The van der Waals surface area contributed by atoms with E-state index in [9.17, 15) is 0 Å². The number of hydrogen-bond donors (Lipinski definition) is 2. The Morgan fingerprint density at radius 2 is 1.92 bits per heavy atom. The molecule has 0 spiro atoms. The zero-order chi connectivity index (χ0) is 18.3. The molecule has 0 aromatic heterocycles. The van der Waals surface area contributed by atoms with Crippen molar-refractivity contribution < 1.29 is 9.47 Å². The van der Waals surface area contributed by atoms with E-state index in [-0.39, 0.29) is 0 Å². The number of rotatable bonds is 12. The van der Waals surface area contributed by atoms with E-state index in [1.54, 1.807) is 0 Å². The van der Waals surface area contributed by atoms with Gasteiger partial charge in [-0.15, -0.1) is 0 Å². The molecule has 2 N–H and O–H groups in total. The number of benzene rings is 1. The summed E-state index contributed by atoms with van der Waals surface area (Å²) in [5.41, 5.74) is 1.09. The van der Waals surface area contributed by atoms with Gasteiger partial charge < -0.3 is 25.0 Å². The quantitative estimate of drug-likeness (QED) is 0.343. The van der Waals surface area contributed by atoms with Gasteiger partial charge in [0.15, 0.2) is 5.96 Å². The minimum atomic E-state index is 0.582. The Kier molecular flexibility index (Phi) is 11.5. The predicted molar refractivity (Wildman–Crippen MR) is 104 cm³/mol. The van der Waals surface area contributed by atoms with Crippen LogP contribution in [0, 0.1) is 0 Å². The van der Waals surface area contributed by atoms with E-state index in [1.165, 1.54) is 0 Å². The van der Waals surface area contributed by atoms with Crippen LogP contribution in [0.4, 0.5) is 0 Å². The molecule has 1 rings (SSSR count). The lowest BCUT2D eigenvalue weighted by atomic mass is 10.2. The predicted octanol–water partition coefficient (Wildman–Crippen LogP) is 2.11. The second kappa shape index (κ2) is 13.5. The van der Waals surface area contributed by atoms with E-state index < -0.39 is 0 Å². The molecular formula is C19H34N4O2. The van der Waals surface area contributed by atoms with Crippen LogP contribution in [-0.4, -0.2) is 64.4 Å². The van der Waals surface area contributed by atoms with Crippen LogP contribution in [0.15, 0.2) is 29.3 Å². The van der Waals surface area contributed by atoms with Gasteiger partial charge in [-0.1, -0.05) is 18.2 Å². The molecule has 0 amide bonds. The van der Waals surface area contributed by atoms with E-state index in [2.05, 4.69) is 33.5 Å². The highest BCUT2D eigenvalue weighted by atomic mass is 16.5. The van der Waals surface area contributed by atoms with Crippen molar-refractivity contribution in [2.45, 2.75) is 26.8 Å². The lowest BCUT2D eigenvalue weighted by Crippen LogP contribution is -2.38. The fourth-order valence-electron chi connectivity index (χ4n) is 2.14. The Balaban J connectivity index is 2.56. The van der Waals surface area contributed by atoms with Crippen molar-refractivity contribution in [1.29, 1.82) is 0 Å². The molecule has 0 unspecified atom stereocenters. The average molecular weight is 351 g/mol. The third kappa shape index (κ3) is 9.94. The van der Waals surface area contributed by atoms with Crippen LogP contribution in [0.5, 0.6) is 5.75 Å². The van der Waals surface area contributed by atoms with Gasteiger partial charge in [0.25, 0.3) is 0 Å². The second-order valence-electron chi connectivity index (χ2n) is 5.93. The Bertz CT molecular complexity index is 492. The first-order valence-electron chi connectivity index (χ1n) is 9.12. The molecule has 0 saturated carbocycles. The van der Waals surface area contributed by atoms with Crippen molar-refractivity contribution >= 4 is 5.96 Å². The SMILES string of the molecule is CCNC(=NCc1ccccc1OCCN(C)C)NCCCOCC. The number of likely N-dealkylation sites (N-methyl/N-ethyl adjacent to an activating group) is 1. The lowest BCUT2D eigenvalue weighted by molar-refractivity contribution is 0.145. The van der Waals surface area contributed by atoms with Crippen molar-refractivity contribution in [2.24, 2.45) is 4.99 Å². The van der Waals surface area contributed by atoms with Crippen LogP contribution < -0.4 is 15.4 Å². The van der Waals surface area contributed by atoms with Crippen LogP contribution in [0.25, 0.3) is 0 Å². The van der Waals surface area contributed by atoms with Crippen molar-refractivity contribution in [3.63, 3.8) is 0 Å². The highest BCUT2D eigenvalue weighted by Gasteiger charge is 2.04. The Hall–Kier alpha value is -1.79. The molecule has 25 heavy (non-hydrogen) atoms. The number of nitrogens with zero attached hydrogens (tertiary/aromatic N) is 2. The van der Waals surface area contributed by atoms with Crippen LogP contribution in [0.3, 0.4) is 0 Å². The van der Waals surface area contributed by atoms with Crippen LogP contribution in [0.1, 0.15) is 25.8 Å². The summed E-state index contributed by atoms with van der Waals surface area (Å²) < 4.78 is 11.3. The highest BCUT2D eigenvalue weighted by molar-refractivity contribution is 5.79. The normalized spacial score (nSPS) is 11.6. The van der Waals surface area contributed by atoms with Gasteiger partial charge in [-0.3, -0.25) is 0 Å². The summed E-state index contributed by atoms with van der Waals surface area (Å²) in [7, 11) is 4.08. The topological polar surface area (TPSA) is 58.1 Å². The standard InChI is InChI=1S/C19H34N4O2/c1-5-20-19(21-12-9-14-24-6-2)22-16-17-10-7-8-11-18(17)25-15-13-23(3)4/h7-8,10-11H,5-6,9,12-16H2,1-4H3,(H2,20,21,22). The summed E-state index contributed by atoms with van der Waals surface area (Å²) in [5.74, 6) is 1.72. The van der Waals surface area contributed by atoms with Gasteiger partial charge in [0.1, 0.15) is 12.4 Å². The molecule has 0 fully saturated rings. The molecule has 0 saturated heterocycles. The molecule has 0 bridgehead atoms. The third-order valence-electron chi connectivity index (χ3n) is 3.48. The Labute approximate surface area is 152 Å². The van der Waals surface area contributed by atoms with E-state index >= 15 is 0 Å². The summed E-state index contributed by atoms with van der Waals surface area (Å²) in [6, 6.07) is 8.08. The first-order chi connectivity index (χ1) is 12.2.